The fourth-order valence-corrected chi connectivity index (χ4v) is 2.07. The van der Waals surface area contributed by atoms with E-state index in [0.717, 1.165) is 31.7 Å². The van der Waals surface area contributed by atoms with Crippen molar-refractivity contribution in [3.63, 3.8) is 0 Å². The largest absolute Gasteiger partial charge is 0.393 e. The van der Waals surface area contributed by atoms with Crippen molar-refractivity contribution in [2.45, 2.75) is 25.9 Å². The molecule has 1 aliphatic heterocycles. The topological polar surface area (TPSA) is 49.2 Å². The predicted molar refractivity (Wildman–Crippen MR) is 58.6 cm³/mol. The van der Waals surface area contributed by atoms with Crippen LogP contribution < -0.4 is 4.90 Å². The number of aliphatic hydroxyl groups is 1. The van der Waals surface area contributed by atoms with Crippen molar-refractivity contribution >= 4 is 5.82 Å². The normalized spacial score (nSPS) is 23.9. The van der Waals surface area contributed by atoms with Gasteiger partial charge < -0.3 is 10.0 Å². The van der Waals surface area contributed by atoms with E-state index in [2.05, 4.69) is 14.9 Å². The second-order valence-corrected chi connectivity index (χ2v) is 4.15. The van der Waals surface area contributed by atoms with E-state index in [1.54, 1.807) is 18.6 Å². The van der Waals surface area contributed by atoms with Gasteiger partial charge in [-0.3, -0.25) is 4.98 Å². The highest BCUT2D eigenvalue weighted by Gasteiger charge is 2.24. The third-order valence-electron chi connectivity index (χ3n) is 3.01. The van der Waals surface area contributed by atoms with E-state index in [1.165, 1.54) is 0 Å². The SMILES string of the molecule is CC(O)C1CCCN(c2cnccn2)C1. The van der Waals surface area contributed by atoms with Gasteiger partial charge in [0.2, 0.25) is 0 Å². The van der Waals surface area contributed by atoms with Crippen molar-refractivity contribution in [1.29, 1.82) is 0 Å². The average Bonchev–Trinajstić information content (AvgIpc) is 2.30. The lowest BCUT2D eigenvalue weighted by atomic mass is 9.93. The molecule has 0 amide bonds. The number of aromatic nitrogens is 2. The summed E-state index contributed by atoms with van der Waals surface area (Å²) >= 11 is 0. The third kappa shape index (κ3) is 2.45. The summed E-state index contributed by atoms with van der Waals surface area (Å²) in [4.78, 5) is 10.5. The smallest absolute Gasteiger partial charge is 0.147 e. The maximum Gasteiger partial charge on any atom is 0.147 e. The van der Waals surface area contributed by atoms with E-state index in [-0.39, 0.29) is 6.10 Å². The van der Waals surface area contributed by atoms with Gasteiger partial charge in [-0.25, -0.2) is 4.98 Å². The first-order valence-corrected chi connectivity index (χ1v) is 5.46. The molecule has 0 radical (unpaired) electrons. The summed E-state index contributed by atoms with van der Waals surface area (Å²) in [6.07, 6.45) is 7.16. The van der Waals surface area contributed by atoms with Crippen LogP contribution in [0, 0.1) is 5.92 Å². The van der Waals surface area contributed by atoms with Crippen molar-refractivity contribution in [2.75, 3.05) is 18.0 Å². The van der Waals surface area contributed by atoms with Crippen LogP contribution in [0.3, 0.4) is 0 Å². The number of anilines is 1. The molecular formula is C11H17N3O. The lowest BCUT2D eigenvalue weighted by Gasteiger charge is -2.34. The van der Waals surface area contributed by atoms with Crippen molar-refractivity contribution in [3.8, 4) is 0 Å². The Morgan fingerprint density at radius 2 is 2.40 bits per heavy atom. The Labute approximate surface area is 90.0 Å². The zero-order valence-electron chi connectivity index (χ0n) is 9.00. The van der Waals surface area contributed by atoms with E-state index < -0.39 is 0 Å². The molecule has 0 aromatic carbocycles. The third-order valence-corrected chi connectivity index (χ3v) is 3.01. The molecule has 1 aliphatic rings. The molecule has 2 unspecified atom stereocenters. The molecule has 0 bridgehead atoms. The van der Waals surface area contributed by atoms with E-state index in [1.807, 2.05) is 6.92 Å². The second-order valence-electron chi connectivity index (χ2n) is 4.15. The Balaban J connectivity index is 2.05. The summed E-state index contributed by atoms with van der Waals surface area (Å²) < 4.78 is 0. The number of aliphatic hydroxyl groups excluding tert-OH is 1. The second kappa shape index (κ2) is 4.57. The summed E-state index contributed by atoms with van der Waals surface area (Å²) in [7, 11) is 0. The van der Waals surface area contributed by atoms with E-state index in [4.69, 9.17) is 0 Å². The van der Waals surface area contributed by atoms with Crippen molar-refractivity contribution in [1.82, 2.24) is 9.97 Å². The molecule has 1 fully saturated rings. The molecular weight excluding hydrogens is 190 g/mol. The van der Waals surface area contributed by atoms with E-state index in [0.29, 0.717) is 5.92 Å². The molecule has 1 N–H and O–H groups in total. The first kappa shape index (κ1) is 10.4. The fourth-order valence-electron chi connectivity index (χ4n) is 2.07. The molecule has 0 saturated carbocycles. The highest BCUT2D eigenvalue weighted by atomic mass is 16.3. The van der Waals surface area contributed by atoms with Gasteiger partial charge >= 0.3 is 0 Å². The summed E-state index contributed by atoms with van der Waals surface area (Å²) in [5.41, 5.74) is 0. The fraction of sp³-hybridized carbons (Fsp3) is 0.636. The Hall–Kier alpha value is -1.16. The highest BCUT2D eigenvalue weighted by molar-refractivity contribution is 5.35. The van der Waals surface area contributed by atoms with Crippen LogP contribution in [0.15, 0.2) is 18.6 Å². The first-order chi connectivity index (χ1) is 7.27. The molecule has 0 aliphatic carbocycles. The maximum absolute atomic E-state index is 9.58. The van der Waals surface area contributed by atoms with Crippen LogP contribution in [-0.4, -0.2) is 34.3 Å². The maximum atomic E-state index is 9.58. The van der Waals surface area contributed by atoms with Crippen molar-refractivity contribution in [2.24, 2.45) is 5.92 Å². The minimum Gasteiger partial charge on any atom is -0.393 e. The van der Waals surface area contributed by atoms with Crippen LogP contribution >= 0.6 is 0 Å². The zero-order valence-corrected chi connectivity index (χ0v) is 9.00. The van der Waals surface area contributed by atoms with Crippen LogP contribution in [0.25, 0.3) is 0 Å². The Morgan fingerprint density at radius 1 is 1.53 bits per heavy atom. The summed E-state index contributed by atoms with van der Waals surface area (Å²) in [6.45, 7) is 3.77. The molecule has 2 rings (SSSR count). The Bertz CT molecular complexity index is 302. The van der Waals surface area contributed by atoms with Gasteiger partial charge in [-0.15, -0.1) is 0 Å². The molecule has 2 heterocycles. The minimum absolute atomic E-state index is 0.232. The zero-order chi connectivity index (χ0) is 10.7. The highest BCUT2D eigenvalue weighted by Crippen LogP contribution is 2.22. The van der Waals surface area contributed by atoms with Crippen molar-refractivity contribution < 1.29 is 5.11 Å². The van der Waals surface area contributed by atoms with Crippen LogP contribution in [0.4, 0.5) is 5.82 Å². The summed E-state index contributed by atoms with van der Waals surface area (Å²) in [5.74, 6) is 1.28. The number of rotatable bonds is 2. The average molecular weight is 207 g/mol. The molecule has 1 aromatic rings. The quantitative estimate of drug-likeness (QED) is 0.788. The number of nitrogens with zero attached hydrogens (tertiary/aromatic N) is 3. The van der Waals surface area contributed by atoms with Crippen LogP contribution in [-0.2, 0) is 0 Å². The molecule has 1 aromatic heterocycles. The van der Waals surface area contributed by atoms with Crippen molar-refractivity contribution in [3.05, 3.63) is 18.6 Å². The van der Waals surface area contributed by atoms with Gasteiger partial charge in [-0.2, -0.15) is 0 Å². The van der Waals surface area contributed by atoms with Gasteiger partial charge in [0.15, 0.2) is 0 Å². The van der Waals surface area contributed by atoms with Gasteiger partial charge in [0.05, 0.1) is 12.3 Å². The predicted octanol–water partition coefficient (Wildman–Crippen LogP) is 1.07. The molecule has 4 nitrogen and oxygen atoms in total. The summed E-state index contributed by atoms with van der Waals surface area (Å²) in [5, 5.41) is 9.58. The van der Waals surface area contributed by atoms with Gasteiger partial charge in [0, 0.05) is 31.4 Å². The molecule has 82 valence electrons. The monoisotopic (exact) mass is 207 g/mol. The van der Waals surface area contributed by atoms with Gasteiger partial charge in [0.25, 0.3) is 0 Å². The molecule has 4 heteroatoms. The van der Waals surface area contributed by atoms with Crippen LogP contribution in [0.5, 0.6) is 0 Å². The minimum atomic E-state index is -0.232. The van der Waals surface area contributed by atoms with Crippen LogP contribution in [0.1, 0.15) is 19.8 Å². The number of hydrogen-bond donors (Lipinski definition) is 1. The van der Waals surface area contributed by atoms with Gasteiger partial charge in [0.1, 0.15) is 5.82 Å². The first-order valence-electron chi connectivity index (χ1n) is 5.46. The van der Waals surface area contributed by atoms with Gasteiger partial charge in [-0.05, 0) is 19.8 Å². The summed E-state index contributed by atoms with van der Waals surface area (Å²) in [6, 6.07) is 0. The lowest BCUT2D eigenvalue weighted by molar-refractivity contribution is 0.115. The van der Waals surface area contributed by atoms with E-state index in [9.17, 15) is 5.11 Å². The Kier molecular flexibility index (Phi) is 3.16. The van der Waals surface area contributed by atoms with E-state index >= 15 is 0 Å². The molecule has 1 saturated heterocycles. The molecule has 2 atom stereocenters. The van der Waals surface area contributed by atoms with Crippen LogP contribution in [0.2, 0.25) is 0 Å². The number of piperidine rings is 1. The van der Waals surface area contributed by atoms with Gasteiger partial charge in [-0.1, -0.05) is 0 Å². The standard InChI is InChI=1S/C11H17N3O/c1-9(15)10-3-2-6-14(8-10)11-7-12-4-5-13-11/h4-5,7,9-10,15H,2-3,6,8H2,1H3. The number of hydrogen-bond acceptors (Lipinski definition) is 4. The Morgan fingerprint density at radius 3 is 3.07 bits per heavy atom. The molecule has 15 heavy (non-hydrogen) atoms. The lowest BCUT2D eigenvalue weighted by Crippen LogP contribution is -2.39. The molecule has 0 spiro atoms.